The van der Waals surface area contributed by atoms with Gasteiger partial charge in [0.25, 0.3) is 0 Å². The molecule has 1 aromatic heterocycles. The van der Waals surface area contributed by atoms with Gasteiger partial charge in [0.2, 0.25) is 0 Å². The number of allylic oxidation sites excluding steroid dienone is 3. The molecule has 2 heteroatoms. The van der Waals surface area contributed by atoms with Gasteiger partial charge in [-0.25, -0.2) is 0 Å². The molecule has 0 fully saturated rings. The van der Waals surface area contributed by atoms with Crippen LogP contribution >= 0.6 is 0 Å². The van der Waals surface area contributed by atoms with Gasteiger partial charge in [-0.15, -0.1) is 0 Å². The van der Waals surface area contributed by atoms with Crippen LogP contribution < -0.4 is 5.43 Å². The molecular weight excluding hydrogens is 224 g/mol. The zero-order chi connectivity index (χ0) is 13.7. The maximum atomic E-state index is 11.7. The molecule has 1 heterocycles. The predicted molar refractivity (Wildman–Crippen MR) is 76.6 cm³/mol. The second kappa shape index (κ2) is 6.39. The highest BCUT2D eigenvalue weighted by molar-refractivity contribution is 5.54. The Labute approximate surface area is 109 Å². The fourth-order valence-corrected chi connectivity index (χ4v) is 1.94. The highest BCUT2D eigenvalue weighted by Crippen LogP contribution is 2.20. The first-order valence-corrected chi connectivity index (χ1v) is 6.41. The summed E-state index contributed by atoms with van der Waals surface area (Å²) in [4.78, 5) is 11.7. The molecule has 0 aromatic carbocycles. The summed E-state index contributed by atoms with van der Waals surface area (Å²) in [6, 6.07) is 1.46. The van der Waals surface area contributed by atoms with Gasteiger partial charge in [0.15, 0.2) is 5.43 Å². The van der Waals surface area contributed by atoms with E-state index >= 15 is 0 Å². The van der Waals surface area contributed by atoms with Crippen molar-refractivity contribution >= 4 is 6.08 Å². The summed E-state index contributed by atoms with van der Waals surface area (Å²) >= 11 is 0. The van der Waals surface area contributed by atoms with Crippen LogP contribution in [-0.4, -0.2) is 0 Å². The van der Waals surface area contributed by atoms with E-state index in [1.807, 2.05) is 19.1 Å². The number of rotatable bonds is 4. The Balaban J connectivity index is 3.13. The van der Waals surface area contributed by atoms with Crippen LogP contribution in [0.5, 0.6) is 0 Å². The minimum absolute atomic E-state index is 0.00672. The van der Waals surface area contributed by atoms with Crippen LogP contribution in [0.4, 0.5) is 0 Å². The van der Waals surface area contributed by atoms with Gasteiger partial charge in [0.05, 0.1) is 11.8 Å². The minimum Gasteiger partial charge on any atom is -0.469 e. The first kappa shape index (κ1) is 14.5. The number of hydrogen-bond acceptors (Lipinski definition) is 2. The van der Waals surface area contributed by atoms with Gasteiger partial charge in [0.1, 0.15) is 5.76 Å². The van der Waals surface area contributed by atoms with E-state index in [1.54, 1.807) is 0 Å². The summed E-state index contributed by atoms with van der Waals surface area (Å²) in [5, 5.41) is 0. The van der Waals surface area contributed by atoms with Gasteiger partial charge in [-0.1, -0.05) is 25.5 Å². The summed E-state index contributed by atoms with van der Waals surface area (Å²) < 4.78 is 5.25. The predicted octanol–water partition coefficient (Wildman–Crippen LogP) is 4.34. The van der Waals surface area contributed by atoms with Crippen molar-refractivity contribution in [2.75, 3.05) is 0 Å². The number of aryl methyl sites for hydroxylation is 1. The Bertz CT molecular complexity index is 514. The zero-order valence-electron chi connectivity index (χ0n) is 11.9. The van der Waals surface area contributed by atoms with Crippen LogP contribution in [0.2, 0.25) is 0 Å². The quantitative estimate of drug-likeness (QED) is 0.739. The topological polar surface area (TPSA) is 30.2 Å². The lowest BCUT2D eigenvalue weighted by molar-refractivity contribution is 0.513. The fraction of sp³-hybridized carbons (Fsp3) is 0.438. The molecule has 98 valence electrons. The third kappa shape index (κ3) is 3.46. The Kier molecular flexibility index (Phi) is 5.14. The molecule has 0 spiro atoms. The van der Waals surface area contributed by atoms with Crippen molar-refractivity contribution < 1.29 is 4.42 Å². The summed E-state index contributed by atoms with van der Waals surface area (Å²) in [6.07, 6.45) is 6.44. The first-order valence-electron chi connectivity index (χ1n) is 6.41. The van der Waals surface area contributed by atoms with Crippen molar-refractivity contribution in [3.05, 3.63) is 51.1 Å². The summed E-state index contributed by atoms with van der Waals surface area (Å²) in [5.74, 6) is 1.17. The maximum Gasteiger partial charge on any atom is 0.192 e. The van der Waals surface area contributed by atoms with Gasteiger partial charge in [-0.2, -0.15) is 0 Å². The Morgan fingerprint density at radius 2 is 2.11 bits per heavy atom. The second-order valence-electron chi connectivity index (χ2n) is 4.85. The van der Waals surface area contributed by atoms with E-state index in [-0.39, 0.29) is 5.43 Å². The largest absolute Gasteiger partial charge is 0.469 e. The van der Waals surface area contributed by atoms with Crippen LogP contribution in [0.15, 0.2) is 38.8 Å². The lowest BCUT2D eigenvalue weighted by atomic mass is 9.93. The smallest absolute Gasteiger partial charge is 0.192 e. The molecule has 0 aliphatic carbocycles. The van der Waals surface area contributed by atoms with Crippen molar-refractivity contribution in [3.8, 4) is 0 Å². The van der Waals surface area contributed by atoms with Crippen molar-refractivity contribution in [3.63, 3.8) is 0 Å². The van der Waals surface area contributed by atoms with Crippen LogP contribution in [0.3, 0.4) is 0 Å². The molecule has 0 aliphatic heterocycles. The van der Waals surface area contributed by atoms with E-state index < -0.39 is 0 Å². The van der Waals surface area contributed by atoms with Crippen molar-refractivity contribution in [2.24, 2.45) is 5.92 Å². The van der Waals surface area contributed by atoms with Crippen LogP contribution in [-0.2, 0) is 0 Å². The van der Waals surface area contributed by atoms with E-state index in [9.17, 15) is 4.79 Å². The third-order valence-electron chi connectivity index (χ3n) is 3.26. The van der Waals surface area contributed by atoms with Gasteiger partial charge in [0, 0.05) is 6.07 Å². The monoisotopic (exact) mass is 246 g/mol. The summed E-state index contributed by atoms with van der Waals surface area (Å²) in [6.45, 7) is 10.4. The van der Waals surface area contributed by atoms with E-state index in [4.69, 9.17) is 4.42 Å². The van der Waals surface area contributed by atoms with Crippen molar-refractivity contribution in [1.29, 1.82) is 0 Å². The van der Waals surface area contributed by atoms with Gasteiger partial charge < -0.3 is 4.42 Å². The zero-order valence-corrected chi connectivity index (χ0v) is 11.9. The molecule has 0 saturated heterocycles. The molecule has 0 aliphatic rings. The van der Waals surface area contributed by atoms with Gasteiger partial charge in [-0.05, 0) is 44.8 Å². The molecular formula is C16H22O2. The maximum absolute atomic E-state index is 11.7. The van der Waals surface area contributed by atoms with E-state index in [0.717, 1.165) is 6.42 Å². The molecule has 1 aromatic rings. The number of hydrogen-bond donors (Lipinski definition) is 0. The Morgan fingerprint density at radius 1 is 1.44 bits per heavy atom. The van der Waals surface area contributed by atoms with Gasteiger partial charge in [-0.3, -0.25) is 4.79 Å². The third-order valence-corrected chi connectivity index (χ3v) is 3.26. The average Bonchev–Trinajstić information content (AvgIpc) is 2.31. The Hall–Kier alpha value is -1.57. The highest BCUT2D eigenvalue weighted by Gasteiger charge is 2.06. The molecule has 1 atom stereocenters. The van der Waals surface area contributed by atoms with Crippen LogP contribution in [0.1, 0.15) is 45.4 Å². The summed E-state index contributed by atoms with van der Waals surface area (Å²) in [5.41, 5.74) is 3.23. The lowest BCUT2D eigenvalue weighted by Gasteiger charge is -2.12. The van der Waals surface area contributed by atoms with Crippen molar-refractivity contribution in [1.82, 2.24) is 0 Å². The normalized spacial score (nSPS) is 12.7. The standard InChI is InChI=1S/C16H22O2/c1-6-12(4)14(11(2)3)7-8-15-13(5)18-10-9-16(15)17/h7-10,12H,6H2,1-5H3/b8-7-. The van der Waals surface area contributed by atoms with E-state index in [1.165, 1.54) is 23.5 Å². The van der Waals surface area contributed by atoms with Gasteiger partial charge >= 0.3 is 0 Å². The Morgan fingerprint density at radius 3 is 2.61 bits per heavy atom. The SMILES string of the molecule is CCC(C)C(/C=C\c1c(C)occc1=O)=C(C)C. The molecule has 0 bridgehead atoms. The van der Waals surface area contributed by atoms with Crippen LogP contribution in [0.25, 0.3) is 6.08 Å². The molecule has 18 heavy (non-hydrogen) atoms. The molecule has 0 saturated carbocycles. The second-order valence-corrected chi connectivity index (χ2v) is 4.85. The fourth-order valence-electron chi connectivity index (χ4n) is 1.94. The molecule has 1 rings (SSSR count). The first-order chi connectivity index (χ1) is 8.47. The molecule has 0 N–H and O–H groups in total. The molecule has 1 unspecified atom stereocenters. The highest BCUT2D eigenvalue weighted by atomic mass is 16.3. The summed E-state index contributed by atoms with van der Waals surface area (Å²) in [7, 11) is 0. The van der Waals surface area contributed by atoms with Crippen molar-refractivity contribution in [2.45, 2.75) is 41.0 Å². The van der Waals surface area contributed by atoms with Crippen LogP contribution in [0, 0.1) is 12.8 Å². The van der Waals surface area contributed by atoms with E-state index in [0.29, 0.717) is 17.2 Å². The van der Waals surface area contributed by atoms with E-state index in [2.05, 4.69) is 27.7 Å². The lowest BCUT2D eigenvalue weighted by Crippen LogP contribution is -2.04. The average molecular weight is 246 g/mol. The molecule has 0 radical (unpaired) electrons. The molecule has 2 nitrogen and oxygen atoms in total. The molecule has 0 amide bonds. The minimum atomic E-state index is 0.00672.